The van der Waals surface area contributed by atoms with Crippen LogP contribution >= 0.6 is 27.3 Å². The Balaban J connectivity index is 1.84. The lowest BCUT2D eigenvalue weighted by atomic mass is 10.2. The molecule has 1 aromatic heterocycles. The van der Waals surface area contributed by atoms with E-state index in [0.717, 1.165) is 47.0 Å². The number of halogens is 1. The van der Waals surface area contributed by atoms with E-state index in [1.807, 2.05) is 30.3 Å². The van der Waals surface area contributed by atoms with Gasteiger partial charge in [0.15, 0.2) is 0 Å². The molecule has 128 valence electrons. The molecule has 1 saturated heterocycles. The lowest BCUT2D eigenvalue weighted by molar-refractivity contribution is 0.111. The molecular formula is C19H18BrN3OS. The largest absolute Gasteiger partial charge is 0.378 e. The molecule has 3 aromatic rings. The summed E-state index contributed by atoms with van der Waals surface area (Å²) in [6, 6.07) is 18.5. The smallest absolute Gasteiger partial charge is 0.209 e. The predicted molar refractivity (Wildman–Crippen MR) is 106 cm³/mol. The molecule has 2 heterocycles. The van der Waals surface area contributed by atoms with Gasteiger partial charge in [-0.3, -0.25) is 0 Å². The van der Waals surface area contributed by atoms with Crippen molar-refractivity contribution < 1.29 is 4.74 Å². The van der Waals surface area contributed by atoms with Gasteiger partial charge in [-0.2, -0.15) is 0 Å². The molecular weight excluding hydrogens is 398 g/mol. The van der Waals surface area contributed by atoms with Crippen LogP contribution in [0.3, 0.4) is 0 Å². The molecule has 4 nitrogen and oxygen atoms in total. The molecule has 0 aliphatic carbocycles. The van der Waals surface area contributed by atoms with E-state index in [0.29, 0.717) is 0 Å². The Labute approximate surface area is 159 Å². The zero-order chi connectivity index (χ0) is 17.1. The van der Waals surface area contributed by atoms with E-state index < -0.39 is 0 Å². The highest BCUT2D eigenvalue weighted by Crippen LogP contribution is 2.23. The van der Waals surface area contributed by atoms with Crippen molar-refractivity contribution in [2.75, 3.05) is 31.3 Å². The number of thiazole rings is 1. The fraction of sp³-hybridized carbons (Fsp3) is 0.211. The van der Waals surface area contributed by atoms with Crippen molar-refractivity contribution in [3.05, 3.63) is 69.3 Å². The van der Waals surface area contributed by atoms with Crippen molar-refractivity contribution in [3.8, 4) is 11.3 Å². The number of rotatable bonds is 3. The molecule has 6 heteroatoms. The van der Waals surface area contributed by atoms with Gasteiger partial charge in [0.2, 0.25) is 4.80 Å². The summed E-state index contributed by atoms with van der Waals surface area (Å²) in [6.45, 7) is 3.21. The van der Waals surface area contributed by atoms with E-state index in [4.69, 9.17) is 9.73 Å². The van der Waals surface area contributed by atoms with Gasteiger partial charge < -0.3 is 9.75 Å². The number of ether oxygens (including phenoxy) is 1. The SMILES string of the molecule is Brc1ccc(-c2csc(=Nc3ccccc3)n2N2CCOCC2)cc1. The number of para-hydroxylation sites is 1. The minimum atomic E-state index is 0.743. The Kier molecular flexibility index (Phi) is 5.01. The first-order chi connectivity index (χ1) is 12.3. The van der Waals surface area contributed by atoms with E-state index >= 15 is 0 Å². The lowest BCUT2D eigenvalue weighted by Crippen LogP contribution is -2.48. The van der Waals surface area contributed by atoms with Gasteiger partial charge in [0.1, 0.15) is 0 Å². The molecule has 0 amide bonds. The Hall–Kier alpha value is -1.89. The zero-order valence-corrected chi connectivity index (χ0v) is 16.0. The second kappa shape index (κ2) is 7.56. The molecule has 0 radical (unpaired) electrons. The summed E-state index contributed by atoms with van der Waals surface area (Å²) in [5, 5.41) is 4.50. The molecule has 0 N–H and O–H groups in total. The molecule has 4 rings (SSSR count). The number of hydrogen-bond donors (Lipinski definition) is 0. The number of morpholine rings is 1. The highest BCUT2D eigenvalue weighted by atomic mass is 79.9. The Morgan fingerprint density at radius 1 is 0.960 bits per heavy atom. The van der Waals surface area contributed by atoms with Crippen LogP contribution in [-0.2, 0) is 4.74 Å². The summed E-state index contributed by atoms with van der Waals surface area (Å²) in [5.41, 5.74) is 3.31. The number of aromatic nitrogens is 1. The quantitative estimate of drug-likeness (QED) is 0.641. The van der Waals surface area contributed by atoms with Crippen LogP contribution in [0.15, 0.2) is 69.4 Å². The van der Waals surface area contributed by atoms with Gasteiger partial charge in [0.05, 0.1) is 37.7 Å². The Morgan fingerprint density at radius 3 is 2.40 bits per heavy atom. The van der Waals surface area contributed by atoms with E-state index in [2.05, 4.69) is 55.3 Å². The number of benzene rings is 2. The van der Waals surface area contributed by atoms with Crippen molar-refractivity contribution >= 4 is 33.0 Å². The van der Waals surface area contributed by atoms with Crippen molar-refractivity contribution in [2.45, 2.75) is 0 Å². The molecule has 0 bridgehead atoms. The molecule has 0 unspecified atom stereocenters. The van der Waals surface area contributed by atoms with E-state index in [1.54, 1.807) is 11.3 Å². The highest BCUT2D eigenvalue weighted by Gasteiger charge is 2.17. The summed E-state index contributed by atoms with van der Waals surface area (Å²) in [5.74, 6) is 0. The van der Waals surface area contributed by atoms with Crippen molar-refractivity contribution in [3.63, 3.8) is 0 Å². The fourth-order valence-electron chi connectivity index (χ4n) is 2.84. The topological polar surface area (TPSA) is 29.8 Å². The maximum atomic E-state index is 5.53. The molecule has 0 spiro atoms. The first kappa shape index (κ1) is 16.6. The van der Waals surface area contributed by atoms with Crippen LogP contribution in [0.5, 0.6) is 0 Å². The third-order valence-corrected chi connectivity index (χ3v) is 5.42. The van der Waals surface area contributed by atoms with Crippen LogP contribution in [0.4, 0.5) is 5.69 Å². The summed E-state index contributed by atoms with van der Waals surface area (Å²) in [6.07, 6.45) is 0. The standard InChI is InChI=1S/C19H18BrN3OS/c20-16-8-6-15(7-9-16)18-14-25-19(21-17-4-2-1-3-5-17)23(18)22-10-12-24-13-11-22/h1-9,14H,10-13H2. The van der Waals surface area contributed by atoms with Crippen LogP contribution in [0, 0.1) is 0 Å². The summed E-state index contributed by atoms with van der Waals surface area (Å²) < 4.78 is 8.85. The van der Waals surface area contributed by atoms with Crippen LogP contribution < -0.4 is 9.81 Å². The molecule has 0 atom stereocenters. The lowest BCUT2D eigenvalue weighted by Gasteiger charge is -2.31. The van der Waals surface area contributed by atoms with E-state index in [1.165, 1.54) is 5.56 Å². The van der Waals surface area contributed by atoms with Crippen LogP contribution in [0.25, 0.3) is 11.3 Å². The molecule has 25 heavy (non-hydrogen) atoms. The molecule has 1 fully saturated rings. The molecule has 1 aliphatic rings. The fourth-order valence-corrected chi connectivity index (χ4v) is 4.03. The minimum absolute atomic E-state index is 0.743. The average molecular weight is 416 g/mol. The van der Waals surface area contributed by atoms with Crippen molar-refractivity contribution in [1.29, 1.82) is 0 Å². The van der Waals surface area contributed by atoms with Crippen molar-refractivity contribution in [1.82, 2.24) is 4.68 Å². The van der Waals surface area contributed by atoms with Gasteiger partial charge in [0.25, 0.3) is 0 Å². The zero-order valence-electron chi connectivity index (χ0n) is 13.6. The maximum absolute atomic E-state index is 5.53. The second-order valence-corrected chi connectivity index (χ2v) is 7.49. The monoisotopic (exact) mass is 415 g/mol. The minimum Gasteiger partial charge on any atom is -0.378 e. The Morgan fingerprint density at radius 2 is 1.68 bits per heavy atom. The molecule has 2 aromatic carbocycles. The predicted octanol–water partition coefficient (Wildman–Crippen LogP) is 4.18. The van der Waals surface area contributed by atoms with Crippen LogP contribution in [0.2, 0.25) is 0 Å². The number of nitrogens with zero attached hydrogens (tertiary/aromatic N) is 3. The molecule has 1 aliphatic heterocycles. The van der Waals surface area contributed by atoms with E-state index in [9.17, 15) is 0 Å². The van der Waals surface area contributed by atoms with Crippen LogP contribution in [-0.4, -0.2) is 31.0 Å². The van der Waals surface area contributed by atoms with Gasteiger partial charge in [-0.15, -0.1) is 11.3 Å². The first-order valence-electron chi connectivity index (χ1n) is 8.20. The van der Waals surface area contributed by atoms with E-state index in [-0.39, 0.29) is 0 Å². The summed E-state index contributed by atoms with van der Waals surface area (Å²) >= 11 is 5.18. The van der Waals surface area contributed by atoms with Gasteiger partial charge >= 0.3 is 0 Å². The maximum Gasteiger partial charge on any atom is 0.209 e. The van der Waals surface area contributed by atoms with Gasteiger partial charge in [-0.1, -0.05) is 46.3 Å². The van der Waals surface area contributed by atoms with Crippen molar-refractivity contribution in [2.24, 2.45) is 4.99 Å². The van der Waals surface area contributed by atoms with Gasteiger partial charge in [-0.25, -0.2) is 9.67 Å². The van der Waals surface area contributed by atoms with Gasteiger partial charge in [-0.05, 0) is 24.3 Å². The molecule has 0 saturated carbocycles. The Bertz CT molecular complexity index is 896. The third-order valence-electron chi connectivity index (χ3n) is 4.08. The van der Waals surface area contributed by atoms with Gasteiger partial charge in [0, 0.05) is 15.4 Å². The van der Waals surface area contributed by atoms with Crippen LogP contribution in [0.1, 0.15) is 0 Å². The highest BCUT2D eigenvalue weighted by molar-refractivity contribution is 9.10. The summed E-state index contributed by atoms with van der Waals surface area (Å²) in [7, 11) is 0. The number of hydrogen-bond acceptors (Lipinski definition) is 4. The summed E-state index contributed by atoms with van der Waals surface area (Å²) in [4.78, 5) is 5.85. The first-order valence-corrected chi connectivity index (χ1v) is 9.88. The normalized spacial score (nSPS) is 15.6. The third kappa shape index (κ3) is 3.71. The average Bonchev–Trinajstić information content (AvgIpc) is 3.07. The second-order valence-electron chi connectivity index (χ2n) is 5.74.